The Morgan fingerprint density at radius 2 is 1.86 bits per heavy atom. The second kappa shape index (κ2) is 7.98. The van der Waals surface area contributed by atoms with Gasteiger partial charge in [-0.15, -0.1) is 12.4 Å². The molecule has 3 rings (SSSR count). The number of carbonyl (C=O) groups excluding carboxylic acids is 1. The van der Waals surface area contributed by atoms with Crippen LogP contribution in [0.3, 0.4) is 0 Å². The van der Waals surface area contributed by atoms with Crippen molar-refractivity contribution in [1.82, 2.24) is 10.2 Å². The van der Waals surface area contributed by atoms with Crippen molar-refractivity contribution >= 4 is 18.3 Å². The van der Waals surface area contributed by atoms with Crippen LogP contribution in [0.5, 0.6) is 0 Å². The number of nitrogens with two attached hydrogens (primary N) is 1. The van der Waals surface area contributed by atoms with Gasteiger partial charge in [-0.1, -0.05) is 13.3 Å². The van der Waals surface area contributed by atoms with Crippen molar-refractivity contribution in [2.75, 3.05) is 19.6 Å². The maximum Gasteiger partial charge on any atom is 0.234 e. The van der Waals surface area contributed by atoms with Crippen molar-refractivity contribution in [3.8, 4) is 0 Å². The topological polar surface area (TPSA) is 58.4 Å². The maximum atomic E-state index is 12.3. The van der Waals surface area contributed by atoms with E-state index in [-0.39, 0.29) is 18.3 Å². The van der Waals surface area contributed by atoms with Gasteiger partial charge in [0.15, 0.2) is 0 Å². The molecule has 0 aromatic heterocycles. The number of likely N-dealkylation sites (tertiary alicyclic amines) is 1. The molecule has 5 heteroatoms. The first-order valence-electron chi connectivity index (χ1n) is 8.89. The van der Waals surface area contributed by atoms with Crippen LogP contribution in [0.2, 0.25) is 0 Å². The lowest BCUT2D eigenvalue weighted by Gasteiger charge is -2.30. The molecule has 0 aromatic carbocycles. The molecule has 2 aliphatic carbocycles. The number of hydrogen-bond acceptors (Lipinski definition) is 3. The van der Waals surface area contributed by atoms with Gasteiger partial charge in [0.25, 0.3) is 0 Å². The van der Waals surface area contributed by atoms with Gasteiger partial charge in [0.1, 0.15) is 0 Å². The first kappa shape index (κ1) is 18.0. The summed E-state index contributed by atoms with van der Waals surface area (Å²) >= 11 is 0. The molecule has 4 nitrogen and oxygen atoms in total. The highest BCUT2D eigenvalue weighted by atomic mass is 35.5. The van der Waals surface area contributed by atoms with Crippen LogP contribution < -0.4 is 11.1 Å². The molecule has 0 aromatic rings. The Hall–Kier alpha value is -0.320. The molecule has 0 spiro atoms. The lowest BCUT2D eigenvalue weighted by Crippen LogP contribution is -2.43. The number of hydrogen-bond donors (Lipinski definition) is 2. The predicted molar refractivity (Wildman–Crippen MR) is 92.1 cm³/mol. The van der Waals surface area contributed by atoms with Gasteiger partial charge in [0, 0.05) is 25.2 Å². The van der Waals surface area contributed by atoms with Gasteiger partial charge < -0.3 is 11.1 Å². The second-order valence-corrected chi connectivity index (χ2v) is 7.74. The number of halogens is 1. The van der Waals surface area contributed by atoms with E-state index in [1.165, 1.54) is 32.1 Å². The highest BCUT2D eigenvalue weighted by Gasteiger charge is 2.39. The zero-order valence-electron chi connectivity index (χ0n) is 13.8. The fourth-order valence-electron chi connectivity index (χ4n) is 4.62. The number of nitrogens with one attached hydrogen (secondary N) is 1. The monoisotopic (exact) mass is 329 g/mol. The van der Waals surface area contributed by atoms with Crippen molar-refractivity contribution in [3.05, 3.63) is 0 Å². The Morgan fingerprint density at radius 3 is 2.55 bits per heavy atom. The van der Waals surface area contributed by atoms with Gasteiger partial charge in [-0.3, -0.25) is 9.69 Å². The molecule has 128 valence electrons. The van der Waals surface area contributed by atoms with E-state index < -0.39 is 0 Å². The maximum absolute atomic E-state index is 12.3. The van der Waals surface area contributed by atoms with E-state index in [2.05, 4.69) is 17.1 Å². The smallest absolute Gasteiger partial charge is 0.234 e. The molecule has 1 aliphatic heterocycles. The number of fused-ring (bicyclic) bond motifs is 1. The summed E-state index contributed by atoms with van der Waals surface area (Å²) in [5.41, 5.74) is 6.25. The van der Waals surface area contributed by atoms with Gasteiger partial charge in [-0.25, -0.2) is 0 Å². The van der Waals surface area contributed by atoms with Crippen LogP contribution in [-0.4, -0.2) is 42.5 Å². The zero-order chi connectivity index (χ0) is 14.8. The van der Waals surface area contributed by atoms with Gasteiger partial charge in [0.05, 0.1) is 6.54 Å². The minimum atomic E-state index is 0. The summed E-state index contributed by atoms with van der Waals surface area (Å²) in [6.07, 6.45) is 8.56. The van der Waals surface area contributed by atoms with Crippen LogP contribution in [0.4, 0.5) is 0 Å². The van der Waals surface area contributed by atoms with E-state index in [0.29, 0.717) is 24.5 Å². The van der Waals surface area contributed by atoms with Crippen LogP contribution >= 0.6 is 12.4 Å². The highest BCUT2D eigenvalue weighted by molar-refractivity contribution is 5.85. The molecule has 22 heavy (non-hydrogen) atoms. The van der Waals surface area contributed by atoms with E-state index >= 15 is 0 Å². The van der Waals surface area contributed by atoms with Crippen molar-refractivity contribution in [2.24, 2.45) is 23.5 Å². The van der Waals surface area contributed by atoms with E-state index in [1.807, 2.05) is 0 Å². The Labute approximate surface area is 141 Å². The van der Waals surface area contributed by atoms with Crippen molar-refractivity contribution < 1.29 is 4.79 Å². The minimum Gasteiger partial charge on any atom is -0.352 e. The van der Waals surface area contributed by atoms with Crippen LogP contribution in [0.1, 0.15) is 51.9 Å². The molecule has 0 radical (unpaired) electrons. The number of carbonyl (C=O) groups is 1. The fraction of sp³-hybridized carbons (Fsp3) is 0.941. The molecular formula is C17H32ClN3O. The van der Waals surface area contributed by atoms with E-state index in [0.717, 1.165) is 37.8 Å². The molecule has 3 fully saturated rings. The third kappa shape index (κ3) is 4.36. The SMILES string of the molecule is CC1CCC(NC(=O)CN2CC3CCCC(N)C3C2)CC1.Cl. The summed E-state index contributed by atoms with van der Waals surface area (Å²) < 4.78 is 0. The Bertz CT molecular complexity index is 371. The predicted octanol–water partition coefficient (Wildman–Crippen LogP) is 2.16. The molecule has 0 bridgehead atoms. The van der Waals surface area contributed by atoms with E-state index in [9.17, 15) is 4.79 Å². The average Bonchev–Trinajstić information content (AvgIpc) is 2.85. The first-order chi connectivity index (χ1) is 10.1. The average molecular weight is 330 g/mol. The Balaban J connectivity index is 0.00000176. The standard InChI is InChI=1S/C17H31N3O.ClH/c1-12-5-7-14(8-6-12)19-17(21)11-20-9-13-3-2-4-16(18)15(13)10-20;/h12-16H,2-11,18H2,1H3,(H,19,21);1H. The first-order valence-corrected chi connectivity index (χ1v) is 8.89. The molecule has 1 heterocycles. The molecule has 2 saturated carbocycles. The van der Waals surface area contributed by atoms with Gasteiger partial charge in [0.2, 0.25) is 5.91 Å². The minimum absolute atomic E-state index is 0. The zero-order valence-corrected chi connectivity index (χ0v) is 14.6. The summed E-state index contributed by atoms with van der Waals surface area (Å²) in [6, 6.07) is 0.775. The normalized spacial score (nSPS) is 38.9. The third-order valence-electron chi connectivity index (χ3n) is 5.98. The molecule has 1 saturated heterocycles. The largest absolute Gasteiger partial charge is 0.352 e. The summed E-state index contributed by atoms with van der Waals surface area (Å²) in [7, 11) is 0. The van der Waals surface area contributed by atoms with Crippen molar-refractivity contribution in [3.63, 3.8) is 0 Å². The number of rotatable bonds is 3. The fourth-order valence-corrected chi connectivity index (χ4v) is 4.62. The van der Waals surface area contributed by atoms with Crippen LogP contribution in [0.15, 0.2) is 0 Å². The van der Waals surface area contributed by atoms with Gasteiger partial charge in [-0.2, -0.15) is 0 Å². The lowest BCUT2D eigenvalue weighted by atomic mass is 9.78. The number of nitrogens with zero attached hydrogens (tertiary/aromatic N) is 1. The van der Waals surface area contributed by atoms with E-state index in [4.69, 9.17) is 5.73 Å². The number of amides is 1. The molecule has 3 atom stereocenters. The van der Waals surface area contributed by atoms with E-state index in [1.54, 1.807) is 0 Å². The summed E-state index contributed by atoms with van der Waals surface area (Å²) in [4.78, 5) is 14.6. The Kier molecular flexibility index (Phi) is 6.54. The summed E-state index contributed by atoms with van der Waals surface area (Å²) in [5, 5.41) is 3.25. The lowest BCUT2D eigenvalue weighted by molar-refractivity contribution is -0.123. The van der Waals surface area contributed by atoms with Gasteiger partial charge in [-0.05, 0) is 56.3 Å². The molecular weight excluding hydrogens is 298 g/mol. The quantitative estimate of drug-likeness (QED) is 0.834. The van der Waals surface area contributed by atoms with Crippen LogP contribution in [0, 0.1) is 17.8 Å². The van der Waals surface area contributed by atoms with Crippen molar-refractivity contribution in [2.45, 2.75) is 64.0 Å². The molecule has 3 unspecified atom stereocenters. The summed E-state index contributed by atoms with van der Waals surface area (Å²) in [5.74, 6) is 2.42. The molecule has 3 aliphatic rings. The van der Waals surface area contributed by atoms with Gasteiger partial charge >= 0.3 is 0 Å². The Morgan fingerprint density at radius 1 is 1.14 bits per heavy atom. The second-order valence-electron chi connectivity index (χ2n) is 7.74. The van der Waals surface area contributed by atoms with Crippen LogP contribution in [0.25, 0.3) is 0 Å². The molecule has 3 N–H and O–H groups in total. The van der Waals surface area contributed by atoms with Crippen LogP contribution in [-0.2, 0) is 4.79 Å². The summed E-state index contributed by atoms with van der Waals surface area (Å²) in [6.45, 7) is 4.99. The van der Waals surface area contributed by atoms with Crippen molar-refractivity contribution in [1.29, 1.82) is 0 Å². The highest BCUT2D eigenvalue weighted by Crippen LogP contribution is 2.35. The molecule has 1 amide bonds. The third-order valence-corrected chi connectivity index (χ3v) is 5.98.